The average Bonchev–Trinajstić information content (AvgIpc) is 3.32. The molecule has 3 aromatic heterocycles. The molecule has 1 amide bonds. The van der Waals surface area contributed by atoms with Gasteiger partial charge in [0.25, 0.3) is 5.91 Å². The van der Waals surface area contributed by atoms with Gasteiger partial charge in [0.2, 0.25) is 0 Å². The van der Waals surface area contributed by atoms with Crippen LogP contribution in [-0.2, 0) is 11.8 Å². The Hall–Kier alpha value is -2.67. The van der Waals surface area contributed by atoms with E-state index in [1.54, 1.807) is 6.20 Å². The molecular weight excluding hydrogens is 330 g/mol. The van der Waals surface area contributed by atoms with Crippen LogP contribution in [0.4, 0.5) is 0 Å². The fraction of sp³-hybridized carbons (Fsp3) is 0.421. The van der Waals surface area contributed by atoms with E-state index in [2.05, 4.69) is 27.3 Å². The third-order valence-electron chi connectivity index (χ3n) is 5.25. The van der Waals surface area contributed by atoms with Crippen LogP contribution in [0.5, 0.6) is 0 Å². The lowest BCUT2D eigenvalue weighted by Crippen LogP contribution is -2.30. The number of rotatable bonds is 4. The van der Waals surface area contributed by atoms with Crippen molar-refractivity contribution in [2.45, 2.75) is 26.4 Å². The number of carbonyl (C=O) groups excluding carboxylic acids is 1. The molecule has 26 heavy (non-hydrogen) atoms. The average molecular weight is 353 g/mol. The molecule has 2 N–H and O–H groups in total. The Bertz CT molecular complexity index is 958. The van der Waals surface area contributed by atoms with Crippen molar-refractivity contribution in [3.8, 4) is 0 Å². The minimum Gasteiger partial charge on any atom is -0.373 e. The highest BCUT2D eigenvalue weighted by molar-refractivity contribution is 5.96. The number of H-pyrrole nitrogens is 1. The highest BCUT2D eigenvalue weighted by Crippen LogP contribution is 2.37. The summed E-state index contributed by atoms with van der Waals surface area (Å²) in [5.41, 5.74) is 4.62. The van der Waals surface area contributed by atoms with E-state index in [-0.39, 0.29) is 17.9 Å². The molecule has 7 heteroatoms. The molecule has 0 saturated carbocycles. The molecule has 4 heterocycles. The number of aromatic nitrogens is 4. The molecule has 1 aliphatic heterocycles. The smallest absolute Gasteiger partial charge is 0.252 e. The van der Waals surface area contributed by atoms with E-state index in [0.29, 0.717) is 18.7 Å². The Kier molecular flexibility index (Phi) is 4.24. The first-order chi connectivity index (χ1) is 12.5. The van der Waals surface area contributed by atoms with Gasteiger partial charge in [-0.15, -0.1) is 0 Å². The Morgan fingerprint density at radius 1 is 1.46 bits per heavy atom. The molecule has 0 aliphatic carbocycles. The van der Waals surface area contributed by atoms with Gasteiger partial charge >= 0.3 is 0 Å². The standard InChI is InChI=1S/C19H23N5O2/c1-11-16(12(2)24(3)23-11)17-14(5-7-26-17)9-22-19(25)15-8-13-4-6-20-18(13)21-10-15/h4,6,8,10,14,17H,5,7,9H2,1-3H3,(H,20,21)(H,22,25)/t14-,17+/m1/s1. The Morgan fingerprint density at radius 2 is 2.31 bits per heavy atom. The summed E-state index contributed by atoms with van der Waals surface area (Å²) < 4.78 is 7.88. The van der Waals surface area contributed by atoms with Crippen molar-refractivity contribution in [2.75, 3.05) is 13.2 Å². The lowest BCUT2D eigenvalue weighted by molar-refractivity contribution is 0.0840. The summed E-state index contributed by atoms with van der Waals surface area (Å²) in [4.78, 5) is 19.8. The molecule has 0 unspecified atom stereocenters. The maximum Gasteiger partial charge on any atom is 0.252 e. The van der Waals surface area contributed by atoms with E-state index in [1.807, 2.05) is 37.0 Å². The fourth-order valence-electron chi connectivity index (χ4n) is 3.75. The molecular formula is C19H23N5O2. The Labute approximate surface area is 151 Å². The number of fused-ring (bicyclic) bond motifs is 1. The molecule has 3 aromatic rings. The van der Waals surface area contributed by atoms with E-state index in [1.165, 1.54) is 0 Å². The number of ether oxygens (including phenoxy) is 1. The van der Waals surface area contributed by atoms with Crippen molar-refractivity contribution in [1.82, 2.24) is 25.1 Å². The van der Waals surface area contributed by atoms with Gasteiger partial charge in [0.15, 0.2) is 0 Å². The largest absolute Gasteiger partial charge is 0.373 e. The van der Waals surface area contributed by atoms with Crippen LogP contribution in [0.2, 0.25) is 0 Å². The van der Waals surface area contributed by atoms with Crippen LogP contribution in [0, 0.1) is 19.8 Å². The van der Waals surface area contributed by atoms with Crippen molar-refractivity contribution in [1.29, 1.82) is 0 Å². The first-order valence-electron chi connectivity index (χ1n) is 8.87. The summed E-state index contributed by atoms with van der Waals surface area (Å²) in [5.74, 6) is 0.135. The third-order valence-corrected chi connectivity index (χ3v) is 5.25. The lowest BCUT2D eigenvalue weighted by atomic mass is 9.94. The minimum absolute atomic E-state index is 0.0192. The maximum absolute atomic E-state index is 12.5. The van der Waals surface area contributed by atoms with E-state index >= 15 is 0 Å². The zero-order chi connectivity index (χ0) is 18.3. The second kappa shape index (κ2) is 6.57. The molecule has 4 rings (SSSR count). The molecule has 0 radical (unpaired) electrons. The molecule has 0 spiro atoms. The molecule has 1 aliphatic rings. The second-order valence-corrected chi connectivity index (χ2v) is 6.90. The number of aromatic amines is 1. The van der Waals surface area contributed by atoms with E-state index in [4.69, 9.17) is 4.74 Å². The van der Waals surface area contributed by atoms with Gasteiger partial charge in [-0.05, 0) is 32.4 Å². The van der Waals surface area contributed by atoms with Crippen molar-refractivity contribution in [3.05, 3.63) is 47.0 Å². The number of hydrogen-bond acceptors (Lipinski definition) is 4. The number of hydrogen-bond donors (Lipinski definition) is 2. The van der Waals surface area contributed by atoms with Crippen LogP contribution in [0.25, 0.3) is 11.0 Å². The molecule has 1 fully saturated rings. The molecule has 7 nitrogen and oxygen atoms in total. The minimum atomic E-state index is -0.106. The van der Waals surface area contributed by atoms with Gasteiger partial charge in [0.05, 0.1) is 17.4 Å². The van der Waals surface area contributed by atoms with E-state index in [9.17, 15) is 4.79 Å². The maximum atomic E-state index is 12.5. The summed E-state index contributed by atoms with van der Waals surface area (Å²) in [6, 6.07) is 3.76. The monoisotopic (exact) mass is 353 g/mol. The first kappa shape index (κ1) is 16.8. The summed E-state index contributed by atoms with van der Waals surface area (Å²) in [6.07, 6.45) is 4.33. The van der Waals surface area contributed by atoms with Crippen LogP contribution in [0.15, 0.2) is 24.5 Å². The van der Waals surface area contributed by atoms with Gasteiger partial charge in [-0.25, -0.2) is 4.98 Å². The SMILES string of the molecule is Cc1nn(C)c(C)c1[C@H]1OCC[C@@H]1CNC(=O)c1cnc2[nH]ccc2c1. The van der Waals surface area contributed by atoms with Crippen molar-refractivity contribution in [3.63, 3.8) is 0 Å². The van der Waals surface area contributed by atoms with Crippen LogP contribution in [0.1, 0.15) is 39.8 Å². The predicted octanol–water partition coefficient (Wildman–Crippen LogP) is 2.42. The number of nitrogens with zero attached hydrogens (tertiary/aromatic N) is 3. The summed E-state index contributed by atoms with van der Waals surface area (Å²) in [6.45, 7) is 5.35. The predicted molar refractivity (Wildman–Crippen MR) is 97.9 cm³/mol. The van der Waals surface area contributed by atoms with Gasteiger partial charge in [-0.2, -0.15) is 5.10 Å². The van der Waals surface area contributed by atoms with Crippen LogP contribution in [0.3, 0.4) is 0 Å². The lowest BCUT2D eigenvalue weighted by Gasteiger charge is -2.20. The Balaban J connectivity index is 1.47. The number of amides is 1. The number of carbonyl (C=O) groups is 1. The summed E-state index contributed by atoms with van der Waals surface area (Å²) in [5, 5.41) is 8.47. The Morgan fingerprint density at radius 3 is 3.08 bits per heavy atom. The number of nitrogens with one attached hydrogen (secondary N) is 2. The third kappa shape index (κ3) is 2.88. The highest BCUT2D eigenvalue weighted by atomic mass is 16.5. The molecule has 0 aromatic carbocycles. The zero-order valence-corrected chi connectivity index (χ0v) is 15.2. The summed E-state index contributed by atoms with van der Waals surface area (Å²) in [7, 11) is 1.95. The van der Waals surface area contributed by atoms with E-state index in [0.717, 1.165) is 34.4 Å². The normalized spacial score (nSPS) is 20.0. The van der Waals surface area contributed by atoms with Gasteiger partial charge in [0, 0.05) is 55.2 Å². The molecule has 2 atom stereocenters. The van der Waals surface area contributed by atoms with Crippen LogP contribution < -0.4 is 5.32 Å². The zero-order valence-electron chi connectivity index (χ0n) is 15.2. The van der Waals surface area contributed by atoms with Gasteiger partial charge < -0.3 is 15.0 Å². The molecule has 136 valence electrons. The van der Waals surface area contributed by atoms with Gasteiger partial charge in [-0.3, -0.25) is 9.48 Å². The van der Waals surface area contributed by atoms with Crippen LogP contribution >= 0.6 is 0 Å². The van der Waals surface area contributed by atoms with Crippen molar-refractivity contribution >= 4 is 16.9 Å². The van der Waals surface area contributed by atoms with Gasteiger partial charge in [-0.1, -0.05) is 0 Å². The van der Waals surface area contributed by atoms with Crippen molar-refractivity contribution in [2.24, 2.45) is 13.0 Å². The van der Waals surface area contributed by atoms with Crippen LogP contribution in [-0.4, -0.2) is 38.8 Å². The number of pyridine rings is 1. The quantitative estimate of drug-likeness (QED) is 0.754. The fourth-order valence-corrected chi connectivity index (χ4v) is 3.75. The highest BCUT2D eigenvalue weighted by Gasteiger charge is 2.33. The number of aryl methyl sites for hydroxylation is 2. The van der Waals surface area contributed by atoms with E-state index < -0.39 is 0 Å². The first-order valence-corrected chi connectivity index (χ1v) is 8.87. The second-order valence-electron chi connectivity index (χ2n) is 6.90. The van der Waals surface area contributed by atoms with Gasteiger partial charge in [0.1, 0.15) is 5.65 Å². The molecule has 1 saturated heterocycles. The van der Waals surface area contributed by atoms with Crippen molar-refractivity contribution < 1.29 is 9.53 Å². The summed E-state index contributed by atoms with van der Waals surface area (Å²) >= 11 is 0. The molecule has 0 bridgehead atoms. The topological polar surface area (TPSA) is 84.8 Å².